The highest BCUT2D eigenvalue weighted by Gasteiger charge is 2.36. The molecule has 2 rings (SSSR count). The predicted octanol–water partition coefficient (Wildman–Crippen LogP) is 2.38. The van der Waals surface area contributed by atoms with Crippen LogP contribution in [0.3, 0.4) is 0 Å². The lowest BCUT2D eigenvalue weighted by Crippen LogP contribution is -2.32. The summed E-state index contributed by atoms with van der Waals surface area (Å²) in [5, 5.41) is 0. The van der Waals surface area contributed by atoms with Crippen molar-refractivity contribution in [3.63, 3.8) is 0 Å². The number of unbranched alkanes of at least 4 members (excludes halogenated alkanes) is 4. The molecule has 0 aromatic heterocycles. The van der Waals surface area contributed by atoms with Crippen LogP contribution in [-0.2, 0) is 0 Å². The van der Waals surface area contributed by atoms with Crippen LogP contribution in [0.1, 0.15) is 51.4 Å². The van der Waals surface area contributed by atoms with Gasteiger partial charge < -0.3 is 10.6 Å². The molecule has 2 nitrogen and oxygen atoms in total. The number of likely N-dealkylation sites (tertiary alicyclic amines) is 1. The highest BCUT2D eigenvalue weighted by Crippen LogP contribution is 2.37. The summed E-state index contributed by atoms with van der Waals surface area (Å²) in [7, 11) is 0. The number of hydrogen-bond donors (Lipinski definition) is 1. The molecule has 88 valence electrons. The maximum absolute atomic E-state index is 5.48. The van der Waals surface area contributed by atoms with Crippen LogP contribution in [0.2, 0.25) is 0 Å². The topological polar surface area (TPSA) is 29.3 Å². The maximum Gasteiger partial charge on any atom is 0.00985 e. The zero-order valence-corrected chi connectivity index (χ0v) is 9.96. The molecular weight excluding hydrogens is 184 g/mol. The highest BCUT2D eigenvalue weighted by molar-refractivity contribution is 4.91. The number of nitrogens with zero attached hydrogens (tertiary/aromatic N) is 1. The second-order valence-corrected chi connectivity index (χ2v) is 5.38. The van der Waals surface area contributed by atoms with E-state index in [2.05, 4.69) is 4.90 Å². The first kappa shape index (κ1) is 11.4. The number of nitrogens with two attached hydrogens (primary N) is 1. The van der Waals surface area contributed by atoms with Gasteiger partial charge in [0.15, 0.2) is 0 Å². The van der Waals surface area contributed by atoms with Gasteiger partial charge in [0.05, 0.1) is 0 Å². The second-order valence-electron chi connectivity index (χ2n) is 5.38. The van der Waals surface area contributed by atoms with Crippen molar-refractivity contribution >= 4 is 0 Å². The number of rotatable bonds is 7. The monoisotopic (exact) mass is 210 g/mol. The van der Waals surface area contributed by atoms with Crippen molar-refractivity contribution in [2.24, 2.45) is 11.7 Å². The smallest absolute Gasteiger partial charge is 0.00985 e. The van der Waals surface area contributed by atoms with Crippen molar-refractivity contribution in [1.82, 2.24) is 4.90 Å². The lowest BCUT2D eigenvalue weighted by Gasteiger charge is -2.26. The fraction of sp³-hybridized carbons (Fsp3) is 1.00. The molecule has 1 aliphatic heterocycles. The summed E-state index contributed by atoms with van der Waals surface area (Å²) < 4.78 is 0. The van der Waals surface area contributed by atoms with Crippen molar-refractivity contribution in [3.05, 3.63) is 0 Å². The molecule has 2 atom stereocenters. The average Bonchev–Trinajstić information content (AvgIpc) is 2.85. The third kappa shape index (κ3) is 3.18. The Kier molecular flexibility index (Phi) is 4.45. The summed E-state index contributed by atoms with van der Waals surface area (Å²) in [6, 6.07) is 0.971. The minimum atomic E-state index is 0.871. The molecule has 2 aliphatic rings. The zero-order chi connectivity index (χ0) is 10.5. The Bertz CT molecular complexity index is 181. The van der Waals surface area contributed by atoms with Gasteiger partial charge in [0, 0.05) is 12.6 Å². The molecule has 1 saturated heterocycles. The molecule has 1 saturated carbocycles. The minimum absolute atomic E-state index is 0.871. The van der Waals surface area contributed by atoms with E-state index >= 15 is 0 Å². The van der Waals surface area contributed by atoms with Crippen molar-refractivity contribution in [2.75, 3.05) is 19.6 Å². The Balaban J connectivity index is 1.48. The lowest BCUT2D eigenvalue weighted by atomic mass is 10.1. The quantitative estimate of drug-likeness (QED) is 0.654. The molecule has 2 unspecified atom stereocenters. The summed E-state index contributed by atoms with van der Waals surface area (Å²) in [6.07, 6.45) is 11.3. The van der Waals surface area contributed by atoms with Gasteiger partial charge in [0.2, 0.25) is 0 Å². The number of piperidine rings is 1. The molecule has 2 N–H and O–H groups in total. The van der Waals surface area contributed by atoms with E-state index in [1.807, 2.05) is 0 Å². The second kappa shape index (κ2) is 5.86. The van der Waals surface area contributed by atoms with Gasteiger partial charge >= 0.3 is 0 Å². The van der Waals surface area contributed by atoms with Gasteiger partial charge in [-0.25, -0.2) is 0 Å². The first-order valence-corrected chi connectivity index (χ1v) is 6.84. The Morgan fingerprint density at radius 3 is 2.47 bits per heavy atom. The van der Waals surface area contributed by atoms with Gasteiger partial charge in [-0.3, -0.25) is 0 Å². The Labute approximate surface area is 94.2 Å². The van der Waals surface area contributed by atoms with Gasteiger partial charge in [0.1, 0.15) is 0 Å². The fourth-order valence-electron chi connectivity index (χ4n) is 3.29. The first-order valence-electron chi connectivity index (χ1n) is 6.84. The van der Waals surface area contributed by atoms with Crippen molar-refractivity contribution in [3.8, 4) is 0 Å². The molecule has 1 heterocycles. The molecule has 2 fully saturated rings. The van der Waals surface area contributed by atoms with Gasteiger partial charge in [-0.15, -0.1) is 0 Å². The van der Waals surface area contributed by atoms with Gasteiger partial charge in [-0.1, -0.05) is 19.3 Å². The highest BCUT2D eigenvalue weighted by atomic mass is 15.2. The predicted molar refractivity (Wildman–Crippen MR) is 64.8 cm³/mol. The van der Waals surface area contributed by atoms with E-state index in [0.717, 1.165) is 18.5 Å². The Morgan fingerprint density at radius 2 is 1.80 bits per heavy atom. The van der Waals surface area contributed by atoms with Crippen LogP contribution < -0.4 is 5.73 Å². The zero-order valence-electron chi connectivity index (χ0n) is 9.96. The van der Waals surface area contributed by atoms with E-state index in [1.54, 1.807) is 0 Å². The van der Waals surface area contributed by atoms with E-state index in [9.17, 15) is 0 Å². The van der Waals surface area contributed by atoms with E-state index < -0.39 is 0 Å². The van der Waals surface area contributed by atoms with Crippen LogP contribution in [-0.4, -0.2) is 30.6 Å². The lowest BCUT2D eigenvalue weighted by molar-refractivity contribution is 0.209. The van der Waals surface area contributed by atoms with Crippen LogP contribution in [0, 0.1) is 5.92 Å². The molecule has 0 aromatic carbocycles. The summed E-state index contributed by atoms with van der Waals surface area (Å²) in [5.41, 5.74) is 5.48. The van der Waals surface area contributed by atoms with Crippen LogP contribution >= 0.6 is 0 Å². The van der Waals surface area contributed by atoms with E-state index in [1.165, 1.54) is 64.5 Å². The molecule has 1 aliphatic carbocycles. The summed E-state index contributed by atoms with van der Waals surface area (Å²) in [4.78, 5) is 2.75. The van der Waals surface area contributed by atoms with E-state index in [-0.39, 0.29) is 0 Å². The summed E-state index contributed by atoms with van der Waals surface area (Å²) in [5.74, 6) is 1.06. The van der Waals surface area contributed by atoms with E-state index in [0.29, 0.717) is 0 Å². The van der Waals surface area contributed by atoms with E-state index in [4.69, 9.17) is 5.73 Å². The first-order chi connectivity index (χ1) is 7.40. The molecule has 0 spiro atoms. The van der Waals surface area contributed by atoms with Crippen LogP contribution in [0.15, 0.2) is 0 Å². The number of fused-ring (bicyclic) bond motifs is 2. The fourth-order valence-corrected chi connectivity index (χ4v) is 3.29. The van der Waals surface area contributed by atoms with Crippen molar-refractivity contribution < 1.29 is 0 Å². The third-order valence-corrected chi connectivity index (χ3v) is 4.17. The van der Waals surface area contributed by atoms with Crippen LogP contribution in [0.4, 0.5) is 0 Å². The standard InChI is InChI=1S/C13H26N2/c14-8-4-2-1-3-5-9-15-11-12-6-7-13(15)10-12/h12-13H,1-11,14H2. The molecule has 0 amide bonds. The Morgan fingerprint density at radius 1 is 1.00 bits per heavy atom. The summed E-state index contributed by atoms with van der Waals surface area (Å²) >= 11 is 0. The largest absolute Gasteiger partial charge is 0.330 e. The SMILES string of the molecule is NCCCCCCCN1CC2CCC1C2. The minimum Gasteiger partial charge on any atom is -0.330 e. The average molecular weight is 210 g/mol. The number of hydrogen-bond acceptors (Lipinski definition) is 2. The molecule has 2 heteroatoms. The van der Waals surface area contributed by atoms with Gasteiger partial charge in [0.25, 0.3) is 0 Å². The molecule has 15 heavy (non-hydrogen) atoms. The molecule has 0 aromatic rings. The molecule has 0 radical (unpaired) electrons. The maximum atomic E-state index is 5.48. The normalized spacial score (nSPS) is 30.2. The van der Waals surface area contributed by atoms with Gasteiger partial charge in [-0.2, -0.15) is 0 Å². The van der Waals surface area contributed by atoms with Gasteiger partial charge in [-0.05, 0) is 51.1 Å². The molecule has 2 bridgehead atoms. The van der Waals surface area contributed by atoms with Crippen molar-refractivity contribution in [2.45, 2.75) is 57.4 Å². The van der Waals surface area contributed by atoms with Crippen LogP contribution in [0.5, 0.6) is 0 Å². The van der Waals surface area contributed by atoms with Crippen LogP contribution in [0.25, 0.3) is 0 Å². The third-order valence-electron chi connectivity index (χ3n) is 4.17. The van der Waals surface area contributed by atoms with Crippen molar-refractivity contribution in [1.29, 1.82) is 0 Å². The molecular formula is C13H26N2. The Hall–Kier alpha value is -0.0800. The summed E-state index contributed by atoms with van der Waals surface area (Å²) in [6.45, 7) is 3.65.